The molecule has 0 bridgehead atoms. The maximum Gasteiger partial charge on any atom is 0.319 e. The first-order valence-corrected chi connectivity index (χ1v) is 10.5. The number of carbonyl (C=O) groups is 1. The number of carbonyl (C=O) groups excluding carboxylic acids is 1. The molecule has 3 atom stereocenters. The van der Waals surface area contributed by atoms with Gasteiger partial charge in [-0.1, -0.05) is 6.42 Å². The van der Waals surface area contributed by atoms with E-state index in [9.17, 15) is 4.79 Å². The van der Waals surface area contributed by atoms with Crippen molar-refractivity contribution in [3.8, 4) is 5.75 Å². The molecular formula is C22H33N3O3. The lowest BCUT2D eigenvalue weighted by atomic mass is 10.1. The number of urea groups is 1. The molecule has 6 heteroatoms. The molecular weight excluding hydrogens is 354 g/mol. The van der Waals surface area contributed by atoms with Gasteiger partial charge in [0.2, 0.25) is 0 Å². The average molecular weight is 388 g/mol. The lowest BCUT2D eigenvalue weighted by Crippen LogP contribution is -2.40. The van der Waals surface area contributed by atoms with Crippen molar-refractivity contribution < 1.29 is 14.3 Å². The van der Waals surface area contributed by atoms with Gasteiger partial charge in [-0.3, -0.25) is 9.80 Å². The number of primary amides is 1. The molecule has 0 radical (unpaired) electrons. The largest absolute Gasteiger partial charge is 0.491 e. The minimum absolute atomic E-state index is 0.0790. The first kappa shape index (κ1) is 19.5. The van der Waals surface area contributed by atoms with E-state index in [0.717, 1.165) is 36.4 Å². The molecule has 2 N–H and O–H groups in total. The number of nitrogens with zero attached hydrogens (tertiary/aromatic N) is 2. The summed E-state index contributed by atoms with van der Waals surface area (Å²) in [6, 6.07) is 7.30. The van der Waals surface area contributed by atoms with E-state index in [1.165, 1.54) is 19.3 Å². The van der Waals surface area contributed by atoms with E-state index < -0.39 is 0 Å². The van der Waals surface area contributed by atoms with E-state index in [0.29, 0.717) is 19.3 Å². The third kappa shape index (κ3) is 4.13. The summed E-state index contributed by atoms with van der Waals surface area (Å²) in [5, 5.41) is 0. The van der Waals surface area contributed by atoms with Crippen LogP contribution in [0.3, 0.4) is 0 Å². The Hall–Kier alpha value is -1.79. The van der Waals surface area contributed by atoms with Gasteiger partial charge >= 0.3 is 6.03 Å². The van der Waals surface area contributed by atoms with E-state index in [2.05, 4.69) is 25.7 Å². The monoisotopic (exact) mass is 387 g/mol. The molecule has 1 aromatic rings. The summed E-state index contributed by atoms with van der Waals surface area (Å²) in [4.78, 5) is 16.0. The summed E-state index contributed by atoms with van der Waals surface area (Å²) in [5.74, 6) is 3.03. The average Bonchev–Trinajstić information content (AvgIpc) is 3.05. The summed E-state index contributed by atoms with van der Waals surface area (Å²) in [7, 11) is 0. The number of fused-ring (bicyclic) bond motifs is 1. The summed E-state index contributed by atoms with van der Waals surface area (Å²) < 4.78 is 11.7. The highest BCUT2D eigenvalue weighted by Gasteiger charge is 2.53. The Bertz CT molecular complexity index is 690. The fraction of sp³-hybridized carbons (Fsp3) is 0.682. The van der Waals surface area contributed by atoms with Crippen LogP contribution in [0, 0.1) is 17.8 Å². The molecule has 1 heterocycles. The van der Waals surface area contributed by atoms with Gasteiger partial charge in [-0.25, -0.2) is 4.79 Å². The Morgan fingerprint density at radius 2 is 1.93 bits per heavy atom. The molecule has 2 saturated carbocycles. The Kier molecular flexibility index (Phi) is 5.27. The molecule has 4 rings (SSSR count). The minimum Gasteiger partial charge on any atom is -0.491 e. The van der Waals surface area contributed by atoms with Crippen LogP contribution in [0.2, 0.25) is 0 Å². The fourth-order valence-electron chi connectivity index (χ4n) is 4.80. The van der Waals surface area contributed by atoms with Crippen LogP contribution in [-0.2, 0) is 4.74 Å². The topological polar surface area (TPSA) is 68.0 Å². The van der Waals surface area contributed by atoms with E-state index in [1.807, 2.05) is 24.3 Å². The van der Waals surface area contributed by atoms with Crippen molar-refractivity contribution in [1.29, 1.82) is 0 Å². The minimum atomic E-state index is -0.375. The van der Waals surface area contributed by atoms with Crippen LogP contribution in [0.15, 0.2) is 24.3 Å². The molecule has 1 aliphatic heterocycles. The zero-order valence-corrected chi connectivity index (χ0v) is 17.3. The maximum absolute atomic E-state index is 12.0. The van der Waals surface area contributed by atoms with Crippen LogP contribution >= 0.6 is 0 Å². The van der Waals surface area contributed by atoms with Crippen molar-refractivity contribution in [3.05, 3.63) is 24.3 Å². The van der Waals surface area contributed by atoms with Crippen molar-refractivity contribution in [2.45, 2.75) is 51.7 Å². The van der Waals surface area contributed by atoms with Gasteiger partial charge in [-0.2, -0.15) is 0 Å². The molecule has 3 aliphatic rings. The maximum atomic E-state index is 12.0. The Balaban J connectivity index is 1.30. The van der Waals surface area contributed by atoms with Crippen LogP contribution in [0.4, 0.5) is 10.5 Å². The Morgan fingerprint density at radius 1 is 1.25 bits per heavy atom. The summed E-state index contributed by atoms with van der Waals surface area (Å²) in [6.07, 6.45) is 4.04. The Morgan fingerprint density at radius 3 is 2.50 bits per heavy atom. The van der Waals surface area contributed by atoms with Crippen LogP contribution in [0.5, 0.6) is 5.75 Å². The van der Waals surface area contributed by atoms with Gasteiger partial charge in [-0.05, 0) is 75.6 Å². The predicted octanol–water partition coefficient (Wildman–Crippen LogP) is 3.45. The highest BCUT2D eigenvalue weighted by Crippen LogP contribution is 2.57. The molecule has 28 heavy (non-hydrogen) atoms. The van der Waals surface area contributed by atoms with Crippen molar-refractivity contribution >= 4 is 11.7 Å². The molecule has 2 amide bonds. The molecule has 0 aromatic heterocycles. The van der Waals surface area contributed by atoms with Crippen molar-refractivity contribution in [3.63, 3.8) is 0 Å². The highest BCUT2D eigenvalue weighted by atomic mass is 16.5. The van der Waals surface area contributed by atoms with E-state index in [-0.39, 0.29) is 17.7 Å². The lowest BCUT2D eigenvalue weighted by molar-refractivity contribution is 0.0431. The third-order valence-corrected chi connectivity index (χ3v) is 6.67. The quantitative estimate of drug-likeness (QED) is 0.812. The first-order chi connectivity index (χ1) is 13.3. The first-order valence-electron chi connectivity index (χ1n) is 10.5. The number of anilines is 1. The van der Waals surface area contributed by atoms with Crippen LogP contribution < -0.4 is 15.4 Å². The summed E-state index contributed by atoms with van der Waals surface area (Å²) in [6.45, 7) is 9.36. The standard InChI is InChI=1S/C22H33N3O3/c1-22(2,3)24-11-17(28-14-24)13-27-16-9-7-15(8-10-16)25(21(23)26)12-20-18-5-4-6-19(18)20/h7-10,17-20H,4-6,11-14H2,1-3H3,(H2,23,26). The molecule has 3 unspecified atom stereocenters. The normalized spacial score (nSPS) is 29.5. The lowest BCUT2D eigenvalue weighted by Gasteiger charge is -2.29. The second-order valence-electron chi connectivity index (χ2n) is 9.49. The second kappa shape index (κ2) is 7.56. The molecule has 1 saturated heterocycles. The van der Waals surface area contributed by atoms with Crippen molar-refractivity contribution in [2.75, 3.05) is 31.3 Å². The van der Waals surface area contributed by atoms with E-state index in [1.54, 1.807) is 4.90 Å². The van der Waals surface area contributed by atoms with Gasteiger partial charge in [0.25, 0.3) is 0 Å². The third-order valence-electron chi connectivity index (χ3n) is 6.67. The number of amides is 2. The number of rotatable bonds is 6. The molecule has 6 nitrogen and oxygen atoms in total. The van der Waals surface area contributed by atoms with Gasteiger partial charge in [0.05, 0.1) is 0 Å². The second-order valence-corrected chi connectivity index (χ2v) is 9.49. The van der Waals surface area contributed by atoms with Crippen molar-refractivity contribution in [1.82, 2.24) is 4.90 Å². The fourth-order valence-corrected chi connectivity index (χ4v) is 4.80. The van der Waals surface area contributed by atoms with Crippen LogP contribution in [-0.4, -0.2) is 49.0 Å². The van der Waals surface area contributed by atoms with Gasteiger partial charge in [0, 0.05) is 24.3 Å². The Labute approximate surface area is 168 Å². The summed E-state index contributed by atoms with van der Waals surface area (Å²) >= 11 is 0. The summed E-state index contributed by atoms with van der Waals surface area (Å²) in [5.41, 5.74) is 6.61. The molecule has 3 fully saturated rings. The molecule has 0 spiro atoms. The van der Waals surface area contributed by atoms with E-state index >= 15 is 0 Å². The number of benzene rings is 1. The van der Waals surface area contributed by atoms with Gasteiger partial charge in [0.1, 0.15) is 25.2 Å². The zero-order valence-electron chi connectivity index (χ0n) is 17.3. The van der Waals surface area contributed by atoms with Crippen LogP contribution in [0.25, 0.3) is 0 Å². The predicted molar refractivity (Wildman–Crippen MR) is 109 cm³/mol. The smallest absolute Gasteiger partial charge is 0.319 e. The van der Waals surface area contributed by atoms with Gasteiger partial charge < -0.3 is 15.2 Å². The van der Waals surface area contributed by atoms with Crippen LogP contribution in [0.1, 0.15) is 40.0 Å². The number of hydrogen-bond donors (Lipinski definition) is 1. The van der Waals surface area contributed by atoms with E-state index in [4.69, 9.17) is 15.2 Å². The van der Waals surface area contributed by atoms with Crippen molar-refractivity contribution in [2.24, 2.45) is 23.5 Å². The zero-order chi connectivity index (χ0) is 19.9. The molecule has 1 aromatic carbocycles. The van der Waals surface area contributed by atoms with Gasteiger partial charge in [0.15, 0.2) is 0 Å². The molecule has 154 valence electrons. The SMILES string of the molecule is CC(C)(C)N1COC(COc2ccc(N(CC3C4CCCC43)C(N)=O)cc2)C1. The number of nitrogens with two attached hydrogens (primary N) is 1. The number of ether oxygens (including phenoxy) is 2. The van der Waals surface area contributed by atoms with Gasteiger partial charge in [-0.15, -0.1) is 0 Å². The number of hydrogen-bond acceptors (Lipinski definition) is 4. The highest BCUT2D eigenvalue weighted by molar-refractivity contribution is 5.90. The molecule has 2 aliphatic carbocycles.